The molecular formula is C13H15Se+. The van der Waals surface area contributed by atoms with Gasteiger partial charge in [-0.3, -0.25) is 0 Å². The third-order valence-corrected chi connectivity index (χ3v) is 5.57. The van der Waals surface area contributed by atoms with Crippen molar-refractivity contribution in [3.8, 4) is 0 Å². The van der Waals surface area contributed by atoms with Crippen molar-refractivity contribution in [1.29, 1.82) is 0 Å². The number of hydrogen-bond acceptors (Lipinski definition) is 0. The molecular weight excluding hydrogens is 235 g/mol. The van der Waals surface area contributed by atoms with Crippen molar-refractivity contribution in [1.82, 2.24) is 0 Å². The van der Waals surface area contributed by atoms with Gasteiger partial charge >= 0.3 is 91.2 Å². The first-order valence-corrected chi connectivity index (χ1v) is 6.61. The predicted octanol–water partition coefficient (Wildman–Crippen LogP) is 3.48. The molecule has 72 valence electrons. The fourth-order valence-corrected chi connectivity index (χ4v) is 3.70. The minimum absolute atomic E-state index is 0.323. The van der Waals surface area contributed by atoms with Gasteiger partial charge in [-0.2, -0.15) is 0 Å². The molecule has 0 saturated carbocycles. The van der Waals surface area contributed by atoms with Crippen LogP contribution in [0.25, 0.3) is 9.65 Å². The Morgan fingerprint density at radius 3 is 2.36 bits per heavy atom. The topological polar surface area (TPSA) is 0 Å². The van der Waals surface area contributed by atoms with Gasteiger partial charge in [0.05, 0.1) is 0 Å². The fourth-order valence-electron chi connectivity index (χ4n) is 1.43. The van der Waals surface area contributed by atoms with Gasteiger partial charge in [-0.15, -0.1) is 0 Å². The van der Waals surface area contributed by atoms with Crippen molar-refractivity contribution in [2.45, 2.75) is 26.2 Å². The molecule has 2 aromatic rings. The third kappa shape index (κ3) is 1.89. The van der Waals surface area contributed by atoms with Crippen LogP contribution in [0, 0.1) is 0 Å². The van der Waals surface area contributed by atoms with Crippen LogP contribution in [0.5, 0.6) is 0 Å². The predicted molar refractivity (Wildman–Crippen MR) is 64.0 cm³/mol. The molecule has 0 radical (unpaired) electrons. The fraction of sp³-hybridized carbons (Fsp3) is 0.308. The molecule has 0 N–H and O–H groups in total. The van der Waals surface area contributed by atoms with E-state index in [1.165, 1.54) is 9.65 Å². The molecule has 1 aromatic heterocycles. The second-order valence-corrected chi connectivity index (χ2v) is 6.86. The van der Waals surface area contributed by atoms with Crippen LogP contribution in [0.15, 0.2) is 36.4 Å². The van der Waals surface area contributed by atoms with Crippen LogP contribution in [-0.4, -0.2) is 14.5 Å². The second-order valence-electron chi connectivity index (χ2n) is 4.59. The summed E-state index contributed by atoms with van der Waals surface area (Å²) in [4.78, 5) is 0. The Morgan fingerprint density at radius 1 is 0.929 bits per heavy atom. The Kier molecular flexibility index (Phi) is 2.46. The van der Waals surface area contributed by atoms with Gasteiger partial charge in [0.25, 0.3) is 0 Å². The average Bonchev–Trinajstić information content (AvgIpc) is 2.16. The Morgan fingerprint density at radius 2 is 1.64 bits per heavy atom. The Balaban J connectivity index is 2.63. The SMILES string of the molecule is CC(C)(C)c1ccc2ccccc2[se+]1. The summed E-state index contributed by atoms with van der Waals surface area (Å²) in [6, 6.07) is 13.3. The van der Waals surface area contributed by atoms with Gasteiger partial charge < -0.3 is 0 Å². The summed E-state index contributed by atoms with van der Waals surface area (Å²) in [5.41, 5.74) is 0.323. The normalized spacial score (nSPS) is 11.9. The van der Waals surface area contributed by atoms with Crippen LogP contribution in [0.2, 0.25) is 0 Å². The van der Waals surface area contributed by atoms with E-state index in [0.717, 1.165) is 0 Å². The van der Waals surface area contributed by atoms with E-state index in [2.05, 4.69) is 57.2 Å². The molecule has 1 aromatic carbocycles. The minimum atomic E-state index is 0.323. The molecule has 0 aliphatic heterocycles. The maximum absolute atomic E-state index is 2.31. The van der Waals surface area contributed by atoms with Crippen molar-refractivity contribution in [3.63, 3.8) is 0 Å². The quantitative estimate of drug-likeness (QED) is 0.628. The van der Waals surface area contributed by atoms with Gasteiger partial charge in [0, 0.05) is 0 Å². The molecule has 0 spiro atoms. The molecule has 0 unspecified atom stereocenters. The molecule has 0 aliphatic carbocycles. The molecule has 0 nitrogen and oxygen atoms in total. The number of benzene rings is 1. The first-order chi connectivity index (χ1) is 6.57. The van der Waals surface area contributed by atoms with Crippen molar-refractivity contribution in [2.24, 2.45) is 0 Å². The van der Waals surface area contributed by atoms with Crippen LogP contribution in [0.3, 0.4) is 0 Å². The molecule has 2 rings (SSSR count). The number of hydrogen-bond donors (Lipinski definition) is 0. The van der Waals surface area contributed by atoms with Crippen molar-refractivity contribution >= 4 is 24.1 Å². The van der Waals surface area contributed by atoms with E-state index in [-0.39, 0.29) is 0 Å². The van der Waals surface area contributed by atoms with Crippen LogP contribution in [-0.2, 0) is 5.41 Å². The average molecular weight is 250 g/mol. The molecule has 0 bridgehead atoms. The first-order valence-electron chi connectivity index (χ1n) is 4.90. The molecule has 14 heavy (non-hydrogen) atoms. The molecule has 1 heterocycles. The van der Waals surface area contributed by atoms with Crippen LogP contribution >= 0.6 is 0 Å². The van der Waals surface area contributed by atoms with Crippen molar-refractivity contribution in [2.75, 3.05) is 0 Å². The molecule has 0 aliphatic rings. The van der Waals surface area contributed by atoms with Gasteiger partial charge in [0.2, 0.25) is 0 Å². The van der Waals surface area contributed by atoms with Gasteiger partial charge in [-0.1, -0.05) is 0 Å². The third-order valence-electron chi connectivity index (χ3n) is 2.29. The zero-order valence-electron chi connectivity index (χ0n) is 8.87. The summed E-state index contributed by atoms with van der Waals surface area (Å²) in [6.07, 6.45) is 0. The Hall–Kier alpha value is -0.651. The standard InChI is InChI=1S/C13H15Se/c1-13(2,3)12-9-8-10-6-4-5-7-11(10)14-12/h4-9H,1-3H3/q+1. The van der Waals surface area contributed by atoms with Gasteiger partial charge in [0.15, 0.2) is 0 Å². The molecule has 0 amide bonds. The number of fused-ring (bicyclic) bond motifs is 1. The molecule has 0 fully saturated rings. The summed E-state index contributed by atoms with van der Waals surface area (Å²) < 4.78 is 3.11. The van der Waals surface area contributed by atoms with Crippen LogP contribution in [0.4, 0.5) is 0 Å². The van der Waals surface area contributed by atoms with Crippen LogP contribution in [0.1, 0.15) is 25.2 Å². The van der Waals surface area contributed by atoms with E-state index in [0.29, 0.717) is 19.9 Å². The summed E-state index contributed by atoms with van der Waals surface area (Å²) >= 11 is 0.517. The van der Waals surface area contributed by atoms with E-state index in [1.807, 2.05) is 0 Å². The molecule has 0 saturated heterocycles. The van der Waals surface area contributed by atoms with Gasteiger partial charge in [-0.05, 0) is 0 Å². The number of rotatable bonds is 0. The Labute approximate surface area is 91.3 Å². The van der Waals surface area contributed by atoms with E-state index in [4.69, 9.17) is 0 Å². The maximum atomic E-state index is 2.31. The van der Waals surface area contributed by atoms with Gasteiger partial charge in [0.1, 0.15) is 0 Å². The van der Waals surface area contributed by atoms with Crippen molar-refractivity contribution in [3.05, 3.63) is 40.8 Å². The molecule has 0 atom stereocenters. The zero-order valence-corrected chi connectivity index (χ0v) is 10.6. The van der Waals surface area contributed by atoms with E-state index < -0.39 is 0 Å². The summed E-state index contributed by atoms with van der Waals surface area (Å²) in [5.74, 6) is 0. The summed E-state index contributed by atoms with van der Waals surface area (Å²) in [5, 5.41) is 1.40. The first kappa shape index (κ1) is 9.89. The molecule has 1 heteroatoms. The van der Waals surface area contributed by atoms with Crippen LogP contribution < -0.4 is 0 Å². The monoisotopic (exact) mass is 251 g/mol. The second kappa shape index (κ2) is 3.49. The Bertz CT molecular complexity index is 452. The van der Waals surface area contributed by atoms with E-state index >= 15 is 0 Å². The van der Waals surface area contributed by atoms with E-state index in [1.54, 1.807) is 4.44 Å². The van der Waals surface area contributed by atoms with E-state index in [9.17, 15) is 0 Å². The summed E-state index contributed by atoms with van der Waals surface area (Å²) in [7, 11) is 0. The summed E-state index contributed by atoms with van der Waals surface area (Å²) in [6.45, 7) is 6.88. The van der Waals surface area contributed by atoms with Gasteiger partial charge in [-0.25, -0.2) is 0 Å². The zero-order chi connectivity index (χ0) is 10.2. The van der Waals surface area contributed by atoms with Crippen molar-refractivity contribution < 1.29 is 0 Å².